The molecule has 134 valence electrons. The first kappa shape index (κ1) is 17.6. The number of amides is 1. The van der Waals surface area contributed by atoms with Crippen LogP contribution in [0.25, 0.3) is 11.2 Å². The molecule has 0 aliphatic heterocycles. The summed E-state index contributed by atoms with van der Waals surface area (Å²) in [4.78, 5) is 33.6. The van der Waals surface area contributed by atoms with Crippen molar-refractivity contribution in [2.45, 2.75) is 27.3 Å². The molecule has 0 radical (unpaired) electrons. The fourth-order valence-electron chi connectivity index (χ4n) is 2.65. The molecule has 1 aromatic carbocycles. The summed E-state index contributed by atoms with van der Waals surface area (Å²) in [7, 11) is 0. The molecule has 0 aliphatic rings. The first-order valence-electron chi connectivity index (χ1n) is 8.35. The highest BCUT2D eigenvalue weighted by Crippen LogP contribution is 2.18. The summed E-state index contributed by atoms with van der Waals surface area (Å²) in [6.45, 7) is 5.81. The Morgan fingerprint density at radius 3 is 2.81 bits per heavy atom. The normalized spacial score (nSPS) is 10.7. The predicted molar refractivity (Wildman–Crippen MR) is 99.5 cm³/mol. The van der Waals surface area contributed by atoms with Crippen LogP contribution in [0.1, 0.15) is 18.1 Å². The van der Waals surface area contributed by atoms with E-state index in [-0.39, 0.29) is 18.3 Å². The maximum absolute atomic E-state index is 12.6. The molecular formula is C19H20N4O3. The highest BCUT2D eigenvalue weighted by atomic mass is 16.5. The molecule has 26 heavy (non-hydrogen) atoms. The van der Waals surface area contributed by atoms with E-state index in [1.54, 1.807) is 25.3 Å². The van der Waals surface area contributed by atoms with Gasteiger partial charge < -0.3 is 10.1 Å². The highest BCUT2D eigenvalue weighted by molar-refractivity contribution is 5.92. The summed E-state index contributed by atoms with van der Waals surface area (Å²) in [5, 5.41) is 2.86. The number of aryl methyl sites for hydroxylation is 1. The summed E-state index contributed by atoms with van der Waals surface area (Å²) in [5.41, 5.74) is 3.15. The van der Waals surface area contributed by atoms with Gasteiger partial charge in [0.25, 0.3) is 5.88 Å². The van der Waals surface area contributed by atoms with Crippen LogP contribution in [0.3, 0.4) is 0 Å². The number of hydrogen-bond acceptors (Lipinski definition) is 5. The van der Waals surface area contributed by atoms with Crippen molar-refractivity contribution in [1.82, 2.24) is 14.5 Å². The van der Waals surface area contributed by atoms with Crippen LogP contribution in [0, 0.1) is 13.8 Å². The van der Waals surface area contributed by atoms with Crippen molar-refractivity contribution in [3.63, 3.8) is 0 Å². The average Bonchev–Trinajstić information content (AvgIpc) is 2.62. The first-order valence-corrected chi connectivity index (χ1v) is 8.35. The molecule has 0 saturated carbocycles. The van der Waals surface area contributed by atoms with Crippen LogP contribution in [-0.2, 0) is 11.3 Å². The van der Waals surface area contributed by atoms with Gasteiger partial charge in [0, 0.05) is 11.9 Å². The molecule has 0 spiro atoms. The van der Waals surface area contributed by atoms with E-state index >= 15 is 0 Å². The van der Waals surface area contributed by atoms with Crippen molar-refractivity contribution in [2.24, 2.45) is 0 Å². The minimum atomic E-state index is -0.478. The van der Waals surface area contributed by atoms with Gasteiger partial charge in [-0.15, -0.1) is 0 Å². The van der Waals surface area contributed by atoms with E-state index < -0.39 is 5.56 Å². The van der Waals surface area contributed by atoms with Gasteiger partial charge in [-0.1, -0.05) is 12.1 Å². The van der Waals surface area contributed by atoms with Gasteiger partial charge in [0.1, 0.15) is 12.1 Å². The predicted octanol–water partition coefficient (Wildman–Crippen LogP) is 2.45. The number of fused-ring (bicyclic) bond motifs is 1. The number of pyridine rings is 1. The molecule has 3 aromatic rings. The number of anilines is 1. The van der Waals surface area contributed by atoms with Crippen LogP contribution < -0.4 is 15.6 Å². The molecular weight excluding hydrogens is 332 g/mol. The molecule has 3 rings (SSSR count). The fourth-order valence-corrected chi connectivity index (χ4v) is 2.65. The van der Waals surface area contributed by atoms with Crippen LogP contribution in [0.5, 0.6) is 5.88 Å². The Labute approximate surface area is 150 Å². The Balaban J connectivity index is 1.97. The Kier molecular flexibility index (Phi) is 4.97. The van der Waals surface area contributed by atoms with Crippen molar-refractivity contribution in [1.29, 1.82) is 0 Å². The highest BCUT2D eigenvalue weighted by Gasteiger charge is 2.16. The Bertz CT molecular complexity index is 1030. The Hall–Kier alpha value is -3.22. The molecule has 0 bridgehead atoms. The fraction of sp³-hybridized carbons (Fsp3) is 0.263. The zero-order valence-electron chi connectivity index (χ0n) is 14.9. The number of benzene rings is 1. The monoisotopic (exact) mass is 352 g/mol. The van der Waals surface area contributed by atoms with Crippen molar-refractivity contribution in [2.75, 3.05) is 11.9 Å². The number of aromatic nitrogens is 3. The van der Waals surface area contributed by atoms with Gasteiger partial charge in [-0.25, -0.2) is 9.97 Å². The third-order valence-corrected chi connectivity index (χ3v) is 4.13. The van der Waals surface area contributed by atoms with Gasteiger partial charge in [0.15, 0.2) is 5.65 Å². The zero-order chi connectivity index (χ0) is 18.7. The van der Waals surface area contributed by atoms with E-state index in [2.05, 4.69) is 15.3 Å². The molecule has 0 saturated heterocycles. The molecule has 0 atom stereocenters. The van der Waals surface area contributed by atoms with Gasteiger partial charge in [0.2, 0.25) is 5.91 Å². The standard InChI is InChI=1S/C19H20N4O3/c1-4-26-18-19(25)23(17-15(22-18)9-6-10-20-17)11-16(24)21-14-8-5-7-12(2)13(14)3/h5-10H,4,11H2,1-3H3,(H,21,24). The van der Waals surface area contributed by atoms with Crippen molar-refractivity contribution >= 4 is 22.8 Å². The number of carbonyl (C=O) groups is 1. The minimum Gasteiger partial charge on any atom is -0.474 e. The van der Waals surface area contributed by atoms with Crippen LogP contribution in [0.2, 0.25) is 0 Å². The molecule has 0 unspecified atom stereocenters. The second-order valence-electron chi connectivity index (χ2n) is 5.88. The SMILES string of the molecule is CCOc1nc2cccnc2n(CC(=O)Nc2cccc(C)c2C)c1=O. The molecule has 7 heteroatoms. The zero-order valence-corrected chi connectivity index (χ0v) is 14.9. The lowest BCUT2D eigenvalue weighted by atomic mass is 10.1. The Morgan fingerprint density at radius 2 is 2.04 bits per heavy atom. The second kappa shape index (κ2) is 7.35. The lowest BCUT2D eigenvalue weighted by Crippen LogP contribution is -2.30. The Morgan fingerprint density at radius 1 is 1.23 bits per heavy atom. The van der Waals surface area contributed by atoms with Crippen LogP contribution >= 0.6 is 0 Å². The van der Waals surface area contributed by atoms with Gasteiger partial charge in [-0.2, -0.15) is 0 Å². The number of nitrogens with one attached hydrogen (secondary N) is 1. The van der Waals surface area contributed by atoms with E-state index in [0.717, 1.165) is 16.8 Å². The van der Waals surface area contributed by atoms with E-state index in [4.69, 9.17) is 4.74 Å². The maximum Gasteiger partial charge on any atom is 0.315 e. The number of ether oxygens (including phenoxy) is 1. The first-order chi connectivity index (χ1) is 12.5. The van der Waals surface area contributed by atoms with E-state index in [0.29, 0.717) is 17.8 Å². The summed E-state index contributed by atoms with van der Waals surface area (Å²) < 4.78 is 6.60. The molecule has 2 heterocycles. The molecule has 1 amide bonds. The number of nitrogens with zero attached hydrogens (tertiary/aromatic N) is 3. The summed E-state index contributed by atoms with van der Waals surface area (Å²) in [6, 6.07) is 9.13. The maximum atomic E-state index is 12.6. The summed E-state index contributed by atoms with van der Waals surface area (Å²) in [6.07, 6.45) is 1.56. The van der Waals surface area contributed by atoms with Crippen LogP contribution in [-0.4, -0.2) is 27.0 Å². The lowest BCUT2D eigenvalue weighted by molar-refractivity contribution is -0.116. The molecule has 0 fully saturated rings. The van der Waals surface area contributed by atoms with Gasteiger partial charge >= 0.3 is 5.56 Å². The summed E-state index contributed by atoms with van der Waals surface area (Å²) >= 11 is 0. The molecule has 0 aliphatic carbocycles. The minimum absolute atomic E-state index is 0.0347. The van der Waals surface area contributed by atoms with Crippen LogP contribution in [0.4, 0.5) is 5.69 Å². The molecule has 1 N–H and O–H groups in total. The quantitative estimate of drug-likeness (QED) is 0.762. The van der Waals surface area contributed by atoms with E-state index in [9.17, 15) is 9.59 Å². The van der Waals surface area contributed by atoms with E-state index in [1.807, 2.05) is 32.0 Å². The lowest BCUT2D eigenvalue weighted by Gasteiger charge is -2.13. The van der Waals surface area contributed by atoms with Gasteiger partial charge in [-0.3, -0.25) is 14.2 Å². The number of rotatable bonds is 5. The van der Waals surface area contributed by atoms with Crippen molar-refractivity contribution < 1.29 is 9.53 Å². The van der Waals surface area contributed by atoms with Crippen LogP contribution in [0.15, 0.2) is 41.3 Å². The van der Waals surface area contributed by atoms with Gasteiger partial charge in [0.05, 0.1) is 6.61 Å². The summed E-state index contributed by atoms with van der Waals surface area (Å²) in [5.74, 6) is -0.353. The van der Waals surface area contributed by atoms with E-state index in [1.165, 1.54) is 4.57 Å². The van der Waals surface area contributed by atoms with Crippen molar-refractivity contribution in [3.05, 3.63) is 58.0 Å². The third-order valence-electron chi connectivity index (χ3n) is 4.13. The largest absolute Gasteiger partial charge is 0.474 e. The number of hydrogen-bond donors (Lipinski definition) is 1. The third kappa shape index (κ3) is 3.42. The molecule has 7 nitrogen and oxygen atoms in total. The topological polar surface area (TPSA) is 86.1 Å². The average molecular weight is 352 g/mol. The molecule has 2 aromatic heterocycles. The second-order valence-corrected chi connectivity index (χ2v) is 5.88. The smallest absolute Gasteiger partial charge is 0.315 e. The van der Waals surface area contributed by atoms with Gasteiger partial charge in [-0.05, 0) is 50.1 Å². The number of carbonyl (C=O) groups excluding carboxylic acids is 1. The van der Waals surface area contributed by atoms with Crippen molar-refractivity contribution in [3.8, 4) is 5.88 Å².